The van der Waals surface area contributed by atoms with Gasteiger partial charge in [-0.15, -0.1) is 0 Å². The fourth-order valence-electron chi connectivity index (χ4n) is 2.48. The summed E-state index contributed by atoms with van der Waals surface area (Å²) in [6, 6.07) is 11.8. The maximum absolute atomic E-state index is 12.2. The molecule has 11 heteroatoms. The lowest BCUT2D eigenvalue weighted by molar-refractivity contribution is -0.0498. The molecule has 0 radical (unpaired) electrons. The highest BCUT2D eigenvalue weighted by atomic mass is 32.2. The Balaban J connectivity index is 1.95. The maximum atomic E-state index is 12.2. The second kappa shape index (κ2) is 10.9. The van der Waals surface area contributed by atoms with Gasteiger partial charge in [-0.1, -0.05) is 24.3 Å². The van der Waals surface area contributed by atoms with Gasteiger partial charge in [0.1, 0.15) is 5.75 Å². The second-order valence-corrected chi connectivity index (χ2v) is 7.79. The molecule has 0 aliphatic carbocycles. The molecule has 0 fully saturated rings. The summed E-state index contributed by atoms with van der Waals surface area (Å²) in [5.74, 6) is 0.460. The molecule has 30 heavy (non-hydrogen) atoms. The Morgan fingerprint density at radius 3 is 2.30 bits per heavy atom. The average molecular weight is 442 g/mol. The molecule has 0 spiro atoms. The maximum Gasteiger partial charge on any atom is 0.387 e. The summed E-state index contributed by atoms with van der Waals surface area (Å²) < 4.78 is 51.3. The van der Waals surface area contributed by atoms with E-state index < -0.39 is 22.7 Å². The molecule has 0 aromatic heterocycles. The first-order chi connectivity index (χ1) is 14.2. The zero-order chi connectivity index (χ0) is 22.1. The number of benzene rings is 2. The third kappa shape index (κ3) is 7.58. The number of primary sulfonamides is 1. The van der Waals surface area contributed by atoms with Crippen LogP contribution < -0.4 is 20.5 Å². The van der Waals surface area contributed by atoms with E-state index in [-0.39, 0.29) is 23.7 Å². The van der Waals surface area contributed by atoms with Crippen LogP contribution in [0, 0.1) is 0 Å². The number of aliphatic hydroxyl groups is 1. The Kier molecular flexibility index (Phi) is 8.51. The van der Waals surface area contributed by atoms with E-state index in [0.29, 0.717) is 18.1 Å². The minimum absolute atomic E-state index is 0.0114. The van der Waals surface area contributed by atoms with Crippen molar-refractivity contribution in [3.8, 4) is 5.75 Å². The fraction of sp³-hybridized carbons (Fsp3) is 0.316. The summed E-state index contributed by atoms with van der Waals surface area (Å²) in [6.07, 6.45) is -0.900. The first-order valence-corrected chi connectivity index (χ1v) is 10.6. The minimum atomic E-state index is -3.75. The molecule has 1 unspecified atom stereocenters. The molecule has 2 aromatic carbocycles. The largest absolute Gasteiger partial charge is 0.435 e. The van der Waals surface area contributed by atoms with Crippen LogP contribution in [0.5, 0.6) is 5.75 Å². The summed E-state index contributed by atoms with van der Waals surface area (Å²) >= 11 is 0. The van der Waals surface area contributed by atoms with E-state index in [4.69, 9.17) is 5.14 Å². The minimum Gasteiger partial charge on any atom is -0.435 e. The molecule has 0 amide bonds. The molecule has 8 nitrogen and oxygen atoms in total. The summed E-state index contributed by atoms with van der Waals surface area (Å²) in [5.41, 5.74) is 1.30. The molecule has 164 valence electrons. The fourth-order valence-corrected chi connectivity index (χ4v) is 2.99. The SMILES string of the molecule is CCNC(=NCc1ccc(S(N)(=O)=O)cc1)NCC(O)c1ccc(OC(F)F)cc1. The van der Waals surface area contributed by atoms with Crippen molar-refractivity contribution in [2.24, 2.45) is 10.1 Å². The lowest BCUT2D eigenvalue weighted by Gasteiger charge is -2.16. The number of halogens is 2. The normalized spacial score (nSPS) is 13.2. The number of nitrogens with two attached hydrogens (primary N) is 1. The number of guanidine groups is 1. The summed E-state index contributed by atoms with van der Waals surface area (Å²) in [4.78, 5) is 4.41. The monoisotopic (exact) mass is 442 g/mol. The van der Waals surface area contributed by atoms with Gasteiger partial charge in [0.05, 0.1) is 17.5 Å². The third-order valence-corrected chi connectivity index (χ3v) is 4.90. The van der Waals surface area contributed by atoms with Crippen LogP contribution in [0.15, 0.2) is 58.4 Å². The molecule has 0 saturated carbocycles. The quantitative estimate of drug-likeness (QED) is 0.346. The van der Waals surface area contributed by atoms with E-state index in [0.717, 1.165) is 5.56 Å². The van der Waals surface area contributed by atoms with Crippen molar-refractivity contribution >= 4 is 16.0 Å². The molecular weight excluding hydrogens is 418 g/mol. The van der Waals surface area contributed by atoms with Crippen molar-refractivity contribution in [2.75, 3.05) is 13.1 Å². The Morgan fingerprint density at radius 1 is 1.13 bits per heavy atom. The van der Waals surface area contributed by atoms with E-state index in [1.165, 1.54) is 36.4 Å². The van der Waals surface area contributed by atoms with Crippen molar-refractivity contribution in [3.63, 3.8) is 0 Å². The highest BCUT2D eigenvalue weighted by Gasteiger charge is 2.11. The smallest absolute Gasteiger partial charge is 0.387 e. The highest BCUT2D eigenvalue weighted by Crippen LogP contribution is 2.19. The molecule has 2 rings (SSSR count). The molecule has 2 aromatic rings. The zero-order valence-corrected chi connectivity index (χ0v) is 17.1. The number of aliphatic hydroxyl groups excluding tert-OH is 1. The van der Waals surface area contributed by atoms with Crippen molar-refractivity contribution in [2.45, 2.75) is 31.1 Å². The van der Waals surface area contributed by atoms with Crippen LogP contribution in [0.3, 0.4) is 0 Å². The standard InChI is InChI=1S/C19H24F2N4O4S/c1-2-23-19(24-11-13-3-9-16(10-4-13)30(22,27)28)25-12-17(26)14-5-7-15(8-6-14)29-18(20)21/h3-10,17-18,26H,2,11-12H2,1H3,(H2,22,27,28)(H2,23,24,25). The van der Waals surface area contributed by atoms with Gasteiger partial charge in [0.15, 0.2) is 5.96 Å². The number of hydrogen-bond acceptors (Lipinski definition) is 5. The van der Waals surface area contributed by atoms with E-state index >= 15 is 0 Å². The van der Waals surface area contributed by atoms with Gasteiger partial charge in [-0.05, 0) is 42.3 Å². The van der Waals surface area contributed by atoms with Crippen molar-refractivity contribution in [1.82, 2.24) is 10.6 Å². The third-order valence-electron chi connectivity index (χ3n) is 3.97. The van der Waals surface area contributed by atoms with Gasteiger partial charge in [0, 0.05) is 13.1 Å². The van der Waals surface area contributed by atoms with E-state index in [2.05, 4.69) is 20.4 Å². The highest BCUT2D eigenvalue weighted by molar-refractivity contribution is 7.89. The van der Waals surface area contributed by atoms with E-state index in [9.17, 15) is 22.3 Å². The number of rotatable bonds is 9. The Bertz CT molecular complexity index is 936. The number of ether oxygens (including phenoxy) is 1. The van der Waals surface area contributed by atoms with Crippen LogP contribution in [0.4, 0.5) is 8.78 Å². The predicted molar refractivity (Wildman–Crippen MR) is 109 cm³/mol. The zero-order valence-electron chi connectivity index (χ0n) is 16.3. The van der Waals surface area contributed by atoms with Crippen molar-refractivity contribution < 1.29 is 27.0 Å². The first-order valence-electron chi connectivity index (χ1n) is 9.05. The van der Waals surface area contributed by atoms with Gasteiger partial charge >= 0.3 is 6.61 Å². The van der Waals surface area contributed by atoms with E-state index in [1.807, 2.05) is 6.92 Å². The topological polar surface area (TPSA) is 126 Å². The Labute approximate surface area is 173 Å². The van der Waals surface area contributed by atoms with Crippen LogP contribution in [-0.2, 0) is 16.6 Å². The predicted octanol–water partition coefficient (Wildman–Crippen LogP) is 1.72. The van der Waals surface area contributed by atoms with Crippen LogP contribution in [-0.4, -0.2) is 39.2 Å². The average Bonchev–Trinajstić information content (AvgIpc) is 2.69. The molecule has 0 bridgehead atoms. The number of nitrogens with one attached hydrogen (secondary N) is 2. The molecule has 0 heterocycles. The number of aliphatic imine (C=N–C) groups is 1. The molecule has 0 saturated heterocycles. The van der Waals surface area contributed by atoms with Gasteiger partial charge in [0.25, 0.3) is 0 Å². The first kappa shape index (κ1) is 23.5. The van der Waals surface area contributed by atoms with Crippen molar-refractivity contribution in [1.29, 1.82) is 0 Å². The van der Waals surface area contributed by atoms with Crippen LogP contribution in [0.2, 0.25) is 0 Å². The number of sulfonamides is 1. The summed E-state index contributed by atoms with van der Waals surface area (Å²) in [7, 11) is -3.75. The Morgan fingerprint density at radius 2 is 1.77 bits per heavy atom. The van der Waals surface area contributed by atoms with Gasteiger partial charge in [-0.3, -0.25) is 0 Å². The molecular formula is C19H24F2N4O4S. The van der Waals surface area contributed by atoms with Crippen LogP contribution >= 0.6 is 0 Å². The van der Waals surface area contributed by atoms with Crippen LogP contribution in [0.25, 0.3) is 0 Å². The van der Waals surface area contributed by atoms with Gasteiger partial charge in [-0.2, -0.15) is 8.78 Å². The molecule has 0 aliphatic heterocycles. The number of alkyl halides is 2. The van der Waals surface area contributed by atoms with Gasteiger partial charge < -0.3 is 20.5 Å². The van der Waals surface area contributed by atoms with Crippen molar-refractivity contribution in [3.05, 3.63) is 59.7 Å². The lowest BCUT2D eigenvalue weighted by atomic mass is 10.1. The van der Waals surface area contributed by atoms with Crippen LogP contribution in [0.1, 0.15) is 24.2 Å². The van der Waals surface area contributed by atoms with Gasteiger partial charge in [0.2, 0.25) is 10.0 Å². The van der Waals surface area contributed by atoms with Gasteiger partial charge in [-0.25, -0.2) is 18.5 Å². The molecule has 1 atom stereocenters. The molecule has 5 N–H and O–H groups in total. The number of hydrogen-bond donors (Lipinski definition) is 4. The summed E-state index contributed by atoms with van der Waals surface area (Å²) in [6.45, 7) is -0.0269. The lowest BCUT2D eigenvalue weighted by Crippen LogP contribution is -2.39. The van der Waals surface area contributed by atoms with E-state index in [1.54, 1.807) is 12.1 Å². The second-order valence-electron chi connectivity index (χ2n) is 6.23. The Hall–Kier alpha value is -2.76. The number of nitrogens with zero attached hydrogens (tertiary/aromatic N) is 1. The summed E-state index contributed by atoms with van der Waals surface area (Å²) in [5, 5.41) is 21.4. The molecule has 0 aliphatic rings.